The normalized spacial score (nSPS) is 16.0. The van der Waals surface area contributed by atoms with Crippen molar-refractivity contribution in [3.8, 4) is 5.75 Å². The number of aromatic nitrogens is 3. The molecule has 1 aliphatic heterocycles. The molecule has 0 radical (unpaired) electrons. The lowest BCUT2D eigenvalue weighted by atomic mass is 9.98. The highest BCUT2D eigenvalue weighted by atomic mass is 16.5. The number of aliphatic hydroxyl groups excluding tert-OH is 1. The number of nitrogens with zero attached hydrogens (tertiary/aromatic N) is 4. The summed E-state index contributed by atoms with van der Waals surface area (Å²) in [5, 5.41) is 11.5. The Hall–Kier alpha value is -4.40. The highest BCUT2D eigenvalue weighted by Crippen LogP contribution is 2.39. The summed E-state index contributed by atoms with van der Waals surface area (Å²) < 4.78 is 13.0. The van der Waals surface area contributed by atoms with Crippen molar-refractivity contribution in [1.82, 2.24) is 19.4 Å². The quantitative estimate of drug-likeness (QED) is 0.401. The van der Waals surface area contributed by atoms with Crippen molar-refractivity contribution in [3.63, 3.8) is 0 Å². The van der Waals surface area contributed by atoms with Gasteiger partial charge in [0.25, 0.3) is 5.91 Å². The van der Waals surface area contributed by atoms with E-state index in [-0.39, 0.29) is 11.3 Å². The van der Waals surface area contributed by atoms with Crippen LogP contribution in [0.2, 0.25) is 0 Å². The number of aliphatic hydroxyl groups is 1. The van der Waals surface area contributed by atoms with Crippen LogP contribution in [0.3, 0.4) is 0 Å². The first-order valence-corrected chi connectivity index (χ1v) is 10.8. The van der Waals surface area contributed by atoms with Gasteiger partial charge in [-0.2, -0.15) is 0 Å². The number of carbonyl (C=O) groups is 2. The molecule has 0 spiro atoms. The van der Waals surface area contributed by atoms with Crippen LogP contribution in [0.5, 0.6) is 5.75 Å². The van der Waals surface area contributed by atoms with Gasteiger partial charge in [-0.3, -0.25) is 14.6 Å². The number of carbonyl (C=O) groups excluding carboxylic acids is 2. The molecule has 9 nitrogen and oxygen atoms in total. The first-order valence-electron chi connectivity index (χ1n) is 10.8. The van der Waals surface area contributed by atoms with Crippen LogP contribution in [0.4, 0.5) is 0 Å². The van der Waals surface area contributed by atoms with E-state index in [1.54, 1.807) is 61.2 Å². The van der Waals surface area contributed by atoms with Crippen molar-refractivity contribution in [2.75, 3.05) is 13.7 Å². The maximum Gasteiger partial charge on any atom is 0.290 e. The zero-order valence-corrected chi connectivity index (χ0v) is 18.4. The number of furan rings is 1. The van der Waals surface area contributed by atoms with Gasteiger partial charge in [0.1, 0.15) is 6.04 Å². The monoisotopic (exact) mass is 458 g/mol. The number of para-hydroxylation sites is 1. The molecule has 4 aromatic rings. The third kappa shape index (κ3) is 3.71. The molecule has 1 unspecified atom stereocenters. The number of Topliss-reactive ketones (excluding diaryl/α,β-unsaturated/α-hetero) is 1. The summed E-state index contributed by atoms with van der Waals surface area (Å²) in [6, 6.07) is 11.3. The summed E-state index contributed by atoms with van der Waals surface area (Å²) in [5.74, 6) is -1.28. The number of fused-ring (bicyclic) bond motifs is 1. The molecule has 1 aromatic carbocycles. The Bertz CT molecular complexity index is 1380. The minimum atomic E-state index is -0.834. The van der Waals surface area contributed by atoms with Gasteiger partial charge in [0, 0.05) is 37.1 Å². The number of pyridine rings is 1. The van der Waals surface area contributed by atoms with Gasteiger partial charge >= 0.3 is 0 Å². The van der Waals surface area contributed by atoms with Crippen LogP contribution in [-0.4, -0.2) is 49.9 Å². The average Bonchev–Trinajstić information content (AvgIpc) is 3.59. The van der Waals surface area contributed by atoms with Gasteiger partial charge in [0.15, 0.2) is 22.9 Å². The fourth-order valence-corrected chi connectivity index (χ4v) is 4.25. The van der Waals surface area contributed by atoms with Crippen LogP contribution < -0.4 is 4.74 Å². The van der Waals surface area contributed by atoms with Gasteiger partial charge in [0.2, 0.25) is 5.78 Å². The molecule has 9 heteroatoms. The Morgan fingerprint density at radius 2 is 2.06 bits per heavy atom. The van der Waals surface area contributed by atoms with Crippen molar-refractivity contribution in [2.45, 2.75) is 19.0 Å². The number of amides is 1. The molecule has 1 amide bonds. The van der Waals surface area contributed by atoms with Gasteiger partial charge < -0.3 is 23.7 Å². The number of methoxy groups -OCH3 is 1. The summed E-state index contributed by atoms with van der Waals surface area (Å²) in [7, 11) is 1.52. The number of ketones is 1. The van der Waals surface area contributed by atoms with E-state index in [4.69, 9.17) is 9.15 Å². The molecular weight excluding hydrogens is 436 g/mol. The highest BCUT2D eigenvalue weighted by molar-refractivity contribution is 6.16. The maximum absolute atomic E-state index is 13.6. The van der Waals surface area contributed by atoms with Crippen LogP contribution in [0.15, 0.2) is 83.1 Å². The Balaban J connectivity index is 1.50. The summed E-state index contributed by atoms with van der Waals surface area (Å²) in [5.41, 5.74) is 0.855. The molecule has 34 heavy (non-hydrogen) atoms. The lowest BCUT2D eigenvalue weighted by Gasteiger charge is -2.25. The van der Waals surface area contributed by atoms with Gasteiger partial charge in [0.05, 0.1) is 24.7 Å². The molecule has 172 valence electrons. The van der Waals surface area contributed by atoms with E-state index >= 15 is 0 Å². The molecule has 3 aromatic heterocycles. The summed E-state index contributed by atoms with van der Waals surface area (Å²) in [4.78, 5) is 36.5. The molecule has 1 atom stereocenters. The van der Waals surface area contributed by atoms with Crippen molar-refractivity contribution in [3.05, 3.63) is 90.2 Å². The Kier molecular flexibility index (Phi) is 5.59. The number of imidazole rings is 1. The summed E-state index contributed by atoms with van der Waals surface area (Å²) in [6.07, 6.45) is 7.41. The molecule has 5 rings (SSSR count). The first-order chi connectivity index (χ1) is 16.6. The molecule has 1 aliphatic rings. The Morgan fingerprint density at radius 1 is 1.18 bits per heavy atom. The second-order valence-corrected chi connectivity index (χ2v) is 7.89. The predicted molar refractivity (Wildman–Crippen MR) is 122 cm³/mol. The first kappa shape index (κ1) is 21.4. The Morgan fingerprint density at radius 3 is 2.79 bits per heavy atom. The van der Waals surface area contributed by atoms with Crippen LogP contribution >= 0.6 is 0 Å². The lowest BCUT2D eigenvalue weighted by Crippen LogP contribution is -2.33. The third-order valence-electron chi connectivity index (χ3n) is 5.84. The molecule has 4 heterocycles. The summed E-state index contributed by atoms with van der Waals surface area (Å²) >= 11 is 0. The number of rotatable bonds is 8. The molecule has 0 aliphatic carbocycles. The van der Waals surface area contributed by atoms with Crippen molar-refractivity contribution >= 4 is 22.7 Å². The largest absolute Gasteiger partial charge is 0.503 e. The number of benzene rings is 1. The fourth-order valence-electron chi connectivity index (χ4n) is 4.25. The van der Waals surface area contributed by atoms with E-state index in [1.807, 2.05) is 10.8 Å². The molecule has 0 bridgehead atoms. The highest BCUT2D eigenvalue weighted by Gasteiger charge is 2.45. The Labute approximate surface area is 194 Å². The van der Waals surface area contributed by atoms with Crippen LogP contribution in [-0.2, 0) is 11.3 Å². The predicted octanol–water partition coefficient (Wildman–Crippen LogP) is 3.70. The van der Waals surface area contributed by atoms with E-state index in [0.29, 0.717) is 41.9 Å². The molecule has 1 N–H and O–H groups in total. The van der Waals surface area contributed by atoms with Crippen LogP contribution in [0, 0.1) is 0 Å². The van der Waals surface area contributed by atoms with E-state index in [0.717, 1.165) is 0 Å². The minimum absolute atomic E-state index is 0.00930. The summed E-state index contributed by atoms with van der Waals surface area (Å²) in [6.45, 7) is 0.944. The third-order valence-corrected chi connectivity index (χ3v) is 5.84. The van der Waals surface area contributed by atoms with Gasteiger partial charge in [-0.15, -0.1) is 0 Å². The number of hydrogen-bond donors (Lipinski definition) is 1. The second-order valence-electron chi connectivity index (χ2n) is 7.89. The van der Waals surface area contributed by atoms with Gasteiger partial charge in [-0.1, -0.05) is 18.2 Å². The van der Waals surface area contributed by atoms with E-state index in [2.05, 4.69) is 9.97 Å². The second kappa shape index (κ2) is 8.86. The molecule has 0 fully saturated rings. The zero-order chi connectivity index (χ0) is 23.7. The lowest BCUT2D eigenvalue weighted by molar-refractivity contribution is -0.129. The van der Waals surface area contributed by atoms with Gasteiger partial charge in [-0.05, 0) is 30.7 Å². The van der Waals surface area contributed by atoms with E-state index in [1.165, 1.54) is 12.0 Å². The smallest absolute Gasteiger partial charge is 0.290 e. The SMILES string of the molecule is COc1cccc2cc(C(=O)C3=C(O)C(=O)N(CCCn4ccnc4)C3c3ccccn3)oc12. The molecule has 0 saturated carbocycles. The topological polar surface area (TPSA) is 111 Å². The van der Waals surface area contributed by atoms with Crippen LogP contribution in [0.25, 0.3) is 11.0 Å². The average molecular weight is 458 g/mol. The van der Waals surface area contributed by atoms with E-state index < -0.39 is 23.5 Å². The van der Waals surface area contributed by atoms with E-state index in [9.17, 15) is 14.7 Å². The van der Waals surface area contributed by atoms with Crippen molar-refractivity contribution in [2.24, 2.45) is 0 Å². The number of hydrogen-bond acceptors (Lipinski definition) is 7. The standard InChI is InChI=1S/C25H22N4O5/c1-33-18-8-4-6-16-14-19(34-24(16)18)22(30)20-21(17-7-2-3-9-27-17)29(25(32)23(20)31)12-5-11-28-13-10-26-15-28/h2-4,6-10,13-15,21,31H,5,11-12H2,1H3. The maximum atomic E-state index is 13.6. The van der Waals surface area contributed by atoms with Crippen molar-refractivity contribution in [1.29, 1.82) is 0 Å². The van der Waals surface area contributed by atoms with Crippen molar-refractivity contribution < 1.29 is 23.8 Å². The van der Waals surface area contributed by atoms with Gasteiger partial charge in [-0.25, -0.2) is 4.98 Å². The fraction of sp³-hybridized carbons (Fsp3) is 0.200. The van der Waals surface area contributed by atoms with Crippen LogP contribution in [0.1, 0.15) is 28.7 Å². The molecular formula is C25H22N4O5. The zero-order valence-electron chi connectivity index (χ0n) is 18.4. The minimum Gasteiger partial charge on any atom is -0.503 e. The molecule has 0 saturated heterocycles. The number of aryl methyl sites for hydroxylation is 1. The number of ether oxygens (including phenoxy) is 1.